The van der Waals surface area contributed by atoms with E-state index in [0.717, 1.165) is 19.1 Å². The van der Waals surface area contributed by atoms with Crippen LogP contribution in [0.4, 0.5) is 0 Å². The predicted octanol–water partition coefficient (Wildman–Crippen LogP) is 2.33. The van der Waals surface area contributed by atoms with E-state index >= 15 is 0 Å². The topological polar surface area (TPSA) is 28.2 Å². The van der Waals surface area contributed by atoms with Crippen molar-refractivity contribution >= 4 is 23.1 Å². The maximum Gasteiger partial charge on any atom is 0.107 e. The van der Waals surface area contributed by atoms with Gasteiger partial charge in [0.25, 0.3) is 0 Å². The summed E-state index contributed by atoms with van der Waals surface area (Å²) >= 11 is 3.89. The summed E-state index contributed by atoms with van der Waals surface area (Å²) in [6.07, 6.45) is 4.03. The third-order valence-corrected chi connectivity index (χ3v) is 5.37. The molecule has 2 aliphatic rings. The minimum Gasteiger partial charge on any atom is -0.308 e. The first-order valence-electron chi connectivity index (χ1n) is 6.87. The van der Waals surface area contributed by atoms with Crippen molar-refractivity contribution in [2.75, 3.05) is 24.6 Å². The maximum absolute atomic E-state index is 4.74. The van der Waals surface area contributed by atoms with Crippen LogP contribution in [0.25, 0.3) is 0 Å². The molecule has 1 N–H and O–H groups in total. The normalized spacial score (nSPS) is 22.0. The SMILES string of the molecule is c1sc(CNC2CC2)nc1CN1CCCSCC1. The molecule has 2 fully saturated rings. The van der Waals surface area contributed by atoms with E-state index < -0.39 is 0 Å². The predicted molar refractivity (Wildman–Crippen MR) is 79.2 cm³/mol. The number of hydrogen-bond donors (Lipinski definition) is 1. The van der Waals surface area contributed by atoms with Gasteiger partial charge in [-0.2, -0.15) is 11.8 Å². The van der Waals surface area contributed by atoms with Crippen LogP contribution in [0.15, 0.2) is 5.38 Å². The maximum atomic E-state index is 4.74. The highest BCUT2D eigenvalue weighted by Gasteiger charge is 2.20. The van der Waals surface area contributed by atoms with Crippen LogP contribution in [0.2, 0.25) is 0 Å². The lowest BCUT2D eigenvalue weighted by molar-refractivity contribution is 0.284. The fraction of sp³-hybridized carbons (Fsp3) is 0.769. The third-order valence-electron chi connectivity index (χ3n) is 3.42. The van der Waals surface area contributed by atoms with Gasteiger partial charge < -0.3 is 5.32 Å². The molecule has 3 rings (SSSR count). The Hall–Kier alpha value is -0.100. The number of thiazole rings is 1. The number of thioether (sulfide) groups is 1. The van der Waals surface area contributed by atoms with Gasteiger partial charge in [0.1, 0.15) is 5.01 Å². The van der Waals surface area contributed by atoms with E-state index in [1.807, 2.05) is 11.3 Å². The number of aromatic nitrogens is 1. The monoisotopic (exact) mass is 283 g/mol. The smallest absolute Gasteiger partial charge is 0.107 e. The fourth-order valence-electron chi connectivity index (χ4n) is 2.21. The lowest BCUT2D eigenvalue weighted by Gasteiger charge is -2.17. The highest BCUT2D eigenvalue weighted by molar-refractivity contribution is 7.99. The van der Waals surface area contributed by atoms with E-state index in [2.05, 4.69) is 27.4 Å². The Labute approximate surface area is 117 Å². The minimum absolute atomic E-state index is 0.778. The molecule has 1 saturated carbocycles. The molecule has 5 heteroatoms. The Kier molecular flexibility index (Phi) is 4.57. The van der Waals surface area contributed by atoms with Crippen LogP contribution < -0.4 is 5.32 Å². The van der Waals surface area contributed by atoms with Crippen LogP contribution in [0.3, 0.4) is 0 Å². The van der Waals surface area contributed by atoms with Gasteiger partial charge in [-0.05, 0) is 31.6 Å². The van der Waals surface area contributed by atoms with Gasteiger partial charge in [-0.3, -0.25) is 4.90 Å². The second-order valence-corrected chi connectivity index (χ2v) is 7.30. The van der Waals surface area contributed by atoms with Crippen molar-refractivity contribution in [3.8, 4) is 0 Å². The molecule has 1 aromatic heterocycles. The molecule has 3 nitrogen and oxygen atoms in total. The molecule has 18 heavy (non-hydrogen) atoms. The first-order chi connectivity index (χ1) is 8.90. The van der Waals surface area contributed by atoms with Crippen LogP contribution in [0.1, 0.15) is 30.0 Å². The van der Waals surface area contributed by atoms with E-state index in [0.29, 0.717) is 0 Å². The molecule has 0 radical (unpaired) electrons. The van der Waals surface area contributed by atoms with Crippen LogP contribution in [-0.4, -0.2) is 40.5 Å². The minimum atomic E-state index is 0.778. The van der Waals surface area contributed by atoms with Crippen molar-refractivity contribution < 1.29 is 0 Å². The molecular formula is C13H21N3S2. The first-order valence-corrected chi connectivity index (χ1v) is 8.90. The van der Waals surface area contributed by atoms with Gasteiger partial charge in [0.2, 0.25) is 0 Å². The van der Waals surface area contributed by atoms with Crippen LogP contribution >= 0.6 is 23.1 Å². The van der Waals surface area contributed by atoms with Gasteiger partial charge in [0, 0.05) is 36.8 Å². The average molecular weight is 283 g/mol. The molecule has 0 aromatic carbocycles. The Morgan fingerprint density at radius 1 is 1.33 bits per heavy atom. The standard InChI is InChI=1S/C13H21N3S2/c1-4-16(5-7-17-6-1)9-12-10-18-13(15-12)8-14-11-2-3-11/h10-11,14H,1-9H2. The summed E-state index contributed by atoms with van der Waals surface area (Å²) in [6.45, 7) is 4.46. The second-order valence-electron chi connectivity index (χ2n) is 5.13. The molecule has 2 heterocycles. The summed E-state index contributed by atoms with van der Waals surface area (Å²) in [5.74, 6) is 2.60. The molecule has 1 aliphatic heterocycles. The quantitative estimate of drug-likeness (QED) is 0.898. The Morgan fingerprint density at radius 3 is 3.17 bits per heavy atom. The molecule has 0 spiro atoms. The van der Waals surface area contributed by atoms with E-state index in [1.165, 1.54) is 54.6 Å². The van der Waals surface area contributed by atoms with Gasteiger partial charge in [0.05, 0.1) is 5.69 Å². The van der Waals surface area contributed by atoms with Gasteiger partial charge in [0.15, 0.2) is 0 Å². The summed E-state index contributed by atoms with van der Waals surface area (Å²) in [5, 5.41) is 7.02. The first kappa shape index (κ1) is 12.9. The van der Waals surface area contributed by atoms with Crippen LogP contribution in [0, 0.1) is 0 Å². The molecular weight excluding hydrogens is 262 g/mol. The molecule has 0 atom stereocenters. The van der Waals surface area contributed by atoms with Crippen molar-refractivity contribution in [3.63, 3.8) is 0 Å². The van der Waals surface area contributed by atoms with Crippen LogP contribution in [-0.2, 0) is 13.1 Å². The number of nitrogens with one attached hydrogen (secondary N) is 1. The Morgan fingerprint density at radius 2 is 2.28 bits per heavy atom. The van der Waals surface area contributed by atoms with E-state index in [4.69, 9.17) is 4.98 Å². The van der Waals surface area contributed by atoms with Gasteiger partial charge in [-0.1, -0.05) is 0 Å². The van der Waals surface area contributed by atoms with E-state index in [1.54, 1.807) is 0 Å². The number of rotatable bonds is 5. The molecule has 1 aromatic rings. The van der Waals surface area contributed by atoms with Gasteiger partial charge >= 0.3 is 0 Å². The molecule has 0 bridgehead atoms. The second kappa shape index (κ2) is 6.37. The highest BCUT2D eigenvalue weighted by atomic mass is 32.2. The van der Waals surface area contributed by atoms with Gasteiger partial charge in [-0.15, -0.1) is 11.3 Å². The van der Waals surface area contributed by atoms with E-state index in [9.17, 15) is 0 Å². The third kappa shape index (κ3) is 3.95. The summed E-state index contributed by atoms with van der Waals surface area (Å²) in [5.41, 5.74) is 1.26. The highest BCUT2D eigenvalue weighted by Crippen LogP contribution is 2.20. The zero-order valence-electron chi connectivity index (χ0n) is 10.7. The van der Waals surface area contributed by atoms with Crippen molar-refractivity contribution in [2.24, 2.45) is 0 Å². The summed E-state index contributed by atoms with van der Waals surface area (Å²) < 4.78 is 0. The van der Waals surface area contributed by atoms with Crippen molar-refractivity contribution in [3.05, 3.63) is 16.1 Å². The zero-order valence-corrected chi connectivity index (χ0v) is 12.4. The lowest BCUT2D eigenvalue weighted by Crippen LogP contribution is -2.25. The Bertz CT molecular complexity index is 368. The Balaban J connectivity index is 1.48. The molecule has 1 saturated heterocycles. The molecule has 100 valence electrons. The summed E-state index contributed by atoms with van der Waals surface area (Å²) in [7, 11) is 0. The zero-order chi connectivity index (χ0) is 12.2. The summed E-state index contributed by atoms with van der Waals surface area (Å²) in [6, 6.07) is 0.778. The van der Waals surface area contributed by atoms with Gasteiger partial charge in [-0.25, -0.2) is 4.98 Å². The van der Waals surface area contributed by atoms with Crippen molar-refractivity contribution in [1.82, 2.24) is 15.2 Å². The largest absolute Gasteiger partial charge is 0.308 e. The van der Waals surface area contributed by atoms with Crippen molar-refractivity contribution in [1.29, 1.82) is 0 Å². The van der Waals surface area contributed by atoms with Crippen molar-refractivity contribution in [2.45, 2.75) is 38.4 Å². The van der Waals surface area contributed by atoms with Crippen LogP contribution in [0.5, 0.6) is 0 Å². The average Bonchev–Trinajstić information content (AvgIpc) is 3.14. The molecule has 0 unspecified atom stereocenters. The lowest BCUT2D eigenvalue weighted by atomic mass is 10.3. The summed E-state index contributed by atoms with van der Waals surface area (Å²) in [4.78, 5) is 7.29. The fourth-order valence-corrected chi connectivity index (χ4v) is 3.87. The number of hydrogen-bond acceptors (Lipinski definition) is 5. The molecule has 1 aliphatic carbocycles. The molecule has 0 amide bonds. The van der Waals surface area contributed by atoms with E-state index in [-0.39, 0.29) is 0 Å². The number of nitrogens with zero attached hydrogens (tertiary/aromatic N) is 2.